The fourth-order valence-corrected chi connectivity index (χ4v) is 2.59. The summed E-state index contributed by atoms with van der Waals surface area (Å²) in [7, 11) is 0. The summed E-state index contributed by atoms with van der Waals surface area (Å²) in [6.07, 6.45) is -4.43. The van der Waals surface area contributed by atoms with Crippen LogP contribution in [0.1, 0.15) is 26.5 Å². The van der Waals surface area contributed by atoms with Crippen molar-refractivity contribution in [2.24, 2.45) is 0 Å². The molecule has 8 heteroatoms. The lowest BCUT2D eigenvalue weighted by Gasteiger charge is -2.12. The Bertz CT molecular complexity index is 668. The number of carboxylic acid groups (broad SMARTS) is 1. The van der Waals surface area contributed by atoms with Gasteiger partial charge in [0.05, 0.1) is 5.56 Å². The predicted molar refractivity (Wildman–Crippen MR) is 72.6 cm³/mol. The van der Waals surface area contributed by atoms with E-state index in [4.69, 9.17) is 5.11 Å². The van der Waals surface area contributed by atoms with Crippen molar-refractivity contribution in [2.75, 3.05) is 5.32 Å². The molecule has 0 fully saturated rings. The van der Waals surface area contributed by atoms with E-state index in [2.05, 4.69) is 10.3 Å². The highest BCUT2D eigenvalue weighted by atomic mass is 32.1. The zero-order chi connectivity index (χ0) is 15.6. The summed E-state index contributed by atoms with van der Waals surface area (Å²) in [5, 5.41) is 11.9. The number of hydrogen-bond acceptors (Lipinski definition) is 4. The molecule has 0 aliphatic heterocycles. The first-order chi connectivity index (χ1) is 9.79. The van der Waals surface area contributed by atoms with E-state index < -0.39 is 17.7 Å². The molecule has 1 heterocycles. The first-order valence-electron chi connectivity index (χ1n) is 5.88. The van der Waals surface area contributed by atoms with Crippen molar-refractivity contribution in [3.63, 3.8) is 0 Å². The van der Waals surface area contributed by atoms with E-state index in [1.54, 1.807) is 6.92 Å². The molecular weight excluding hydrogens is 305 g/mol. The highest BCUT2D eigenvalue weighted by Crippen LogP contribution is 2.32. The van der Waals surface area contributed by atoms with Gasteiger partial charge >= 0.3 is 12.1 Å². The summed E-state index contributed by atoms with van der Waals surface area (Å²) >= 11 is 1.09. The SMILES string of the molecule is Cc1sc(NCc2ccccc2C(F)(F)F)nc1C(=O)O. The minimum absolute atomic E-state index is 0.0785. The number of carboxylic acids is 1. The Kier molecular flexibility index (Phi) is 4.17. The Hall–Kier alpha value is -2.09. The second-order valence-corrected chi connectivity index (χ2v) is 5.44. The first-order valence-corrected chi connectivity index (χ1v) is 6.70. The third kappa shape index (κ3) is 3.52. The highest BCUT2D eigenvalue weighted by Gasteiger charge is 2.32. The molecule has 1 aromatic carbocycles. The number of hydrogen-bond donors (Lipinski definition) is 2. The lowest BCUT2D eigenvalue weighted by atomic mass is 10.1. The highest BCUT2D eigenvalue weighted by molar-refractivity contribution is 7.15. The van der Waals surface area contributed by atoms with Crippen molar-refractivity contribution in [1.29, 1.82) is 0 Å². The van der Waals surface area contributed by atoms with Crippen LogP contribution in [0.15, 0.2) is 24.3 Å². The minimum atomic E-state index is -4.43. The second kappa shape index (κ2) is 5.72. The van der Waals surface area contributed by atoms with Crippen LogP contribution in [0.3, 0.4) is 0 Å². The van der Waals surface area contributed by atoms with Crippen LogP contribution in [0, 0.1) is 6.92 Å². The molecule has 0 saturated heterocycles. The zero-order valence-corrected chi connectivity index (χ0v) is 11.7. The van der Waals surface area contributed by atoms with Gasteiger partial charge in [-0.1, -0.05) is 18.2 Å². The van der Waals surface area contributed by atoms with Crippen LogP contribution in [-0.2, 0) is 12.7 Å². The molecule has 0 atom stereocenters. The number of halogens is 3. The summed E-state index contributed by atoms with van der Waals surface area (Å²) in [4.78, 5) is 15.2. The van der Waals surface area contributed by atoms with Gasteiger partial charge in [-0.05, 0) is 18.6 Å². The molecule has 1 aromatic heterocycles. The summed E-state index contributed by atoms with van der Waals surface area (Å²) in [6.45, 7) is 1.51. The first kappa shape index (κ1) is 15.3. The third-order valence-corrected chi connectivity index (χ3v) is 3.68. The van der Waals surface area contributed by atoms with Crippen molar-refractivity contribution in [1.82, 2.24) is 4.98 Å². The number of aromatic carboxylic acids is 1. The molecular formula is C13H11F3N2O2S. The Morgan fingerprint density at radius 3 is 2.62 bits per heavy atom. The maximum absolute atomic E-state index is 12.8. The van der Waals surface area contributed by atoms with Crippen molar-refractivity contribution in [2.45, 2.75) is 19.6 Å². The standard InChI is InChI=1S/C13H11F3N2O2S/c1-7-10(11(19)20)18-12(21-7)17-6-8-4-2-3-5-9(8)13(14,15)16/h2-5H,6H2,1H3,(H,17,18)(H,19,20). The van der Waals surface area contributed by atoms with Crippen LogP contribution >= 0.6 is 11.3 Å². The van der Waals surface area contributed by atoms with Gasteiger partial charge in [0.2, 0.25) is 0 Å². The van der Waals surface area contributed by atoms with Gasteiger partial charge in [-0.3, -0.25) is 0 Å². The molecule has 2 N–H and O–H groups in total. The lowest BCUT2D eigenvalue weighted by Crippen LogP contribution is -2.11. The molecule has 4 nitrogen and oxygen atoms in total. The molecule has 0 aliphatic carbocycles. The maximum atomic E-state index is 12.8. The number of anilines is 1. The van der Waals surface area contributed by atoms with Crippen LogP contribution < -0.4 is 5.32 Å². The van der Waals surface area contributed by atoms with Crippen LogP contribution in [0.4, 0.5) is 18.3 Å². The van der Waals surface area contributed by atoms with E-state index >= 15 is 0 Å². The number of thiazole rings is 1. The number of rotatable bonds is 4. The quantitative estimate of drug-likeness (QED) is 0.901. The number of aryl methyl sites for hydroxylation is 1. The molecule has 21 heavy (non-hydrogen) atoms. The average Bonchev–Trinajstić information content (AvgIpc) is 2.77. The molecule has 0 bridgehead atoms. The van der Waals surface area contributed by atoms with Crippen LogP contribution in [0.2, 0.25) is 0 Å². The maximum Gasteiger partial charge on any atom is 0.416 e. The lowest BCUT2D eigenvalue weighted by molar-refractivity contribution is -0.138. The average molecular weight is 316 g/mol. The molecule has 0 aliphatic rings. The summed E-state index contributed by atoms with van der Waals surface area (Å²) < 4.78 is 38.5. The smallest absolute Gasteiger partial charge is 0.416 e. The van der Waals surface area contributed by atoms with Crippen LogP contribution in [0.25, 0.3) is 0 Å². The van der Waals surface area contributed by atoms with E-state index in [0.717, 1.165) is 17.4 Å². The predicted octanol–water partition coefficient (Wildman–Crippen LogP) is 3.78. The van der Waals surface area contributed by atoms with Crippen LogP contribution in [0.5, 0.6) is 0 Å². The fraction of sp³-hybridized carbons (Fsp3) is 0.231. The van der Waals surface area contributed by atoms with Gasteiger partial charge in [0.25, 0.3) is 0 Å². The van der Waals surface area contributed by atoms with E-state index in [9.17, 15) is 18.0 Å². The Morgan fingerprint density at radius 1 is 1.38 bits per heavy atom. The van der Waals surface area contributed by atoms with E-state index in [1.165, 1.54) is 18.2 Å². The van der Waals surface area contributed by atoms with Gasteiger partial charge in [0.1, 0.15) is 0 Å². The molecule has 2 aromatic rings. The normalized spacial score (nSPS) is 11.4. The number of nitrogens with one attached hydrogen (secondary N) is 1. The molecule has 2 rings (SSSR count). The number of aromatic nitrogens is 1. The minimum Gasteiger partial charge on any atom is -0.476 e. The van der Waals surface area contributed by atoms with Crippen molar-refractivity contribution >= 4 is 22.4 Å². The molecule has 112 valence electrons. The zero-order valence-electron chi connectivity index (χ0n) is 10.9. The third-order valence-electron chi connectivity index (χ3n) is 2.75. The van der Waals surface area contributed by atoms with Gasteiger partial charge in [-0.15, -0.1) is 11.3 Å². The number of benzene rings is 1. The van der Waals surface area contributed by atoms with E-state index in [1.807, 2.05) is 0 Å². The Morgan fingerprint density at radius 2 is 2.05 bits per heavy atom. The monoisotopic (exact) mass is 316 g/mol. The summed E-state index contributed by atoms with van der Waals surface area (Å²) in [6, 6.07) is 5.21. The van der Waals surface area contributed by atoms with E-state index in [-0.39, 0.29) is 22.9 Å². The van der Waals surface area contributed by atoms with Crippen LogP contribution in [-0.4, -0.2) is 16.1 Å². The topological polar surface area (TPSA) is 62.2 Å². The van der Waals surface area contributed by atoms with Gasteiger partial charge in [0.15, 0.2) is 10.8 Å². The molecule has 0 radical (unpaired) electrons. The van der Waals surface area contributed by atoms with Crippen molar-refractivity contribution in [3.8, 4) is 0 Å². The summed E-state index contributed by atoms with van der Waals surface area (Å²) in [5.74, 6) is -1.16. The van der Waals surface area contributed by atoms with Gasteiger partial charge in [0, 0.05) is 11.4 Å². The molecule has 0 spiro atoms. The van der Waals surface area contributed by atoms with Crippen molar-refractivity contribution in [3.05, 3.63) is 46.0 Å². The Labute approximate surface area is 122 Å². The van der Waals surface area contributed by atoms with Crippen molar-refractivity contribution < 1.29 is 23.1 Å². The van der Waals surface area contributed by atoms with Gasteiger partial charge in [-0.2, -0.15) is 13.2 Å². The van der Waals surface area contributed by atoms with Gasteiger partial charge < -0.3 is 10.4 Å². The summed E-state index contributed by atoms with van der Waals surface area (Å²) in [5.41, 5.74) is -0.731. The number of alkyl halides is 3. The number of nitrogens with zero attached hydrogens (tertiary/aromatic N) is 1. The largest absolute Gasteiger partial charge is 0.476 e. The fourth-order valence-electron chi connectivity index (χ4n) is 1.79. The molecule has 0 unspecified atom stereocenters. The second-order valence-electron chi connectivity index (χ2n) is 4.24. The Balaban J connectivity index is 2.18. The molecule has 0 amide bonds. The van der Waals surface area contributed by atoms with E-state index in [0.29, 0.717) is 4.88 Å². The van der Waals surface area contributed by atoms with Gasteiger partial charge in [-0.25, -0.2) is 9.78 Å². The molecule has 0 saturated carbocycles. The number of carbonyl (C=O) groups is 1.